The quantitative estimate of drug-likeness (QED) is 0.229. The Morgan fingerprint density at radius 3 is 2.74 bits per heavy atom. The molecule has 2 heterocycles. The van der Waals surface area contributed by atoms with Crippen LogP contribution in [0.4, 0.5) is 11.4 Å². The first-order valence-electron chi connectivity index (χ1n) is 11.4. The van der Waals surface area contributed by atoms with Crippen molar-refractivity contribution in [3.05, 3.63) is 48.0 Å². The van der Waals surface area contributed by atoms with E-state index < -0.39 is 24.3 Å². The molecule has 4 rings (SSSR count). The van der Waals surface area contributed by atoms with Gasteiger partial charge in [-0.25, -0.2) is 0 Å². The van der Waals surface area contributed by atoms with Crippen LogP contribution in [0.2, 0.25) is 0 Å². The summed E-state index contributed by atoms with van der Waals surface area (Å²) >= 11 is 1.69. The lowest BCUT2D eigenvalue weighted by atomic mass is 10.0. The van der Waals surface area contributed by atoms with Crippen LogP contribution in [-0.4, -0.2) is 42.7 Å². The van der Waals surface area contributed by atoms with E-state index in [0.717, 1.165) is 21.2 Å². The van der Waals surface area contributed by atoms with Gasteiger partial charge in [-0.3, -0.25) is 15.0 Å². The molecule has 4 N–H and O–H groups in total. The van der Waals surface area contributed by atoms with Gasteiger partial charge in [-0.15, -0.1) is 0 Å². The molecule has 1 fully saturated rings. The lowest BCUT2D eigenvalue weighted by Gasteiger charge is -2.26. The van der Waals surface area contributed by atoms with Gasteiger partial charge in [-0.2, -0.15) is 0 Å². The lowest BCUT2D eigenvalue weighted by molar-refractivity contribution is -0.170. The Morgan fingerprint density at radius 1 is 1.21 bits per heavy atom. The predicted molar refractivity (Wildman–Crippen MR) is 132 cm³/mol. The zero-order valence-corrected chi connectivity index (χ0v) is 20.3. The molecule has 2 aliphatic heterocycles. The number of ether oxygens (including phenoxy) is 2. The second kappa shape index (κ2) is 10.5. The first kappa shape index (κ1) is 24.1. The molecule has 0 saturated carbocycles. The molecule has 0 aromatic heterocycles. The number of benzene rings is 2. The lowest BCUT2D eigenvalue weighted by Crippen LogP contribution is -2.52. The number of anilines is 2. The van der Waals surface area contributed by atoms with Crippen LogP contribution in [0, 0.1) is 11.3 Å². The highest BCUT2D eigenvalue weighted by Gasteiger charge is 2.34. The van der Waals surface area contributed by atoms with Crippen LogP contribution in [0.5, 0.6) is 0 Å². The van der Waals surface area contributed by atoms with Crippen LogP contribution in [0.25, 0.3) is 0 Å². The van der Waals surface area contributed by atoms with Gasteiger partial charge in [0.15, 0.2) is 0 Å². The van der Waals surface area contributed by atoms with Crippen LogP contribution < -0.4 is 16.0 Å². The van der Waals surface area contributed by atoms with E-state index in [1.54, 1.807) is 11.8 Å². The summed E-state index contributed by atoms with van der Waals surface area (Å²) in [4.78, 5) is 26.7. The van der Waals surface area contributed by atoms with Crippen molar-refractivity contribution >= 4 is 40.8 Å². The zero-order chi connectivity index (χ0) is 24.2. The van der Waals surface area contributed by atoms with E-state index in [2.05, 4.69) is 22.0 Å². The third-order valence-electron chi connectivity index (χ3n) is 5.64. The van der Waals surface area contributed by atoms with E-state index in [9.17, 15) is 9.59 Å². The van der Waals surface area contributed by atoms with Crippen molar-refractivity contribution < 1.29 is 19.1 Å². The fourth-order valence-electron chi connectivity index (χ4n) is 4.02. The molecule has 34 heavy (non-hydrogen) atoms. The summed E-state index contributed by atoms with van der Waals surface area (Å²) in [6.07, 6.45) is 0.324. The Bertz CT molecular complexity index is 1090. The Morgan fingerprint density at radius 2 is 1.97 bits per heavy atom. The number of hydrogen-bond donors (Lipinski definition) is 4. The monoisotopic (exact) mass is 482 g/mol. The minimum atomic E-state index is -0.785. The van der Waals surface area contributed by atoms with Gasteiger partial charge in [-0.05, 0) is 43.0 Å². The average molecular weight is 483 g/mol. The average Bonchev–Trinajstić information content (AvgIpc) is 3.22. The molecule has 2 aromatic carbocycles. The van der Waals surface area contributed by atoms with Gasteiger partial charge in [0.2, 0.25) is 12.2 Å². The fourth-order valence-corrected chi connectivity index (χ4v) is 4.99. The fraction of sp³-hybridized carbons (Fsp3) is 0.400. The van der Waals surface area contributed by atoms with Crippen molar-refractivity contribution in [1.82, 2.24) is 10.6 Å². The smallest absolute Gasteiger partial charge is 0.305 e. The summed E-state index contributed by atoms with van der Waals surface area (Å²) in [5, 5.41) is 18.1. The van der Waals surface area contributed by atoms with Gasteiger partial charge in [0.1, 0.15) is 11.9 Å². The van der Waals surface area contributed by atoms with Gasteiger partial charge < -0.3 is 25.4 Å². The molecule has 3 atom stereocenters. The molecule has 1 unspecified atom stereocenters. The van der Waals surface area contributed by atoms with Crippen LogP contribution in [-0.2, 0) is 19.1 Å². The molecular weight excluding hydrogens is 452 g/mol. The number of rotatable bonds is 7. The van der Waals surface area contributed by atoms with E-state index in [0.29, 0.717) is 25.0 Å². The summed E-state index contributed by atoms with van der Waals surface area (Å²) in [6, 6.07) is 12.9. The summed E-state index contributed by atoms with van der Waals surface area (Å²) in [6.45, 7) is 5.78. The number of esters is 1. The Labute approximate surface area is 203 Å². The molecule has 1 amide bonds. The van der Waals surface area contributed by atoms with Crippen molar-refractivity contribution in [2.24, 2.45) is 5.92 Å². The van der Waals surface area contributed by atoms with Gasteiger partial charge in [0.25, 0.3) is 0 Å². The molecule has 0 aliphatic carbocycles. The first-order valence-corrected chi connectivity index (χ1v) is 12.2. The molecule has 180 valence electrons. The molecule has 0 spiro atoms. The summed E-state index contributed by atoms with van der Waals surface area (Å²) in [5.74, 6) is -0.287. The van der Waals surface area contributed by atoms with Crippen LogP contribution in [0.1, 0.15) is 39.2 Å². The minimum absolute atomic E-state index is 0.175. The Hall–Kier alpha value is -3.04. The number of amidine groups is 1. The Balaban J connectivity index is 1.45. The molecule has 8 nitrogen and oxygen atoms in total. The zero-order valence-electron chi connectivity index (χ0n) is 19.5. The second-order valence-electron chi connectivity index (χ2n) is 8.89. The van der Waals surface area contributed by atoms with Crippen LogP contribution in [0.3, 0.4) is 0 Å². The van der Waals surface area contributed by atoms with Crippen molar-refractivity contribution in [2.75, 3.05) is 11.9 Å². The largest absolute Gasteiger partial charge is 0.434 e. The maximum Gasteiger partial charge on any atom is 0.305 e. The third kappa shape index (κ3) is 5.71. The second-order valence-corrected chi connectivity index (χ2v) is 9.97. The van der Waals surface area contributed by atoms with E-state index in [4.69, 9.17) is 14.9 Å². The van der Waals surface area contributed by atoms with Gasteiger partial charge >= 0.3 is 5.97 Å². The normalized spacial score (nSPS) is 19.4. The summed E-state index contributed by atoms with van der Waals surface area (Å²) < 4.78 is 10.6. The van der Waals surface area contributed by atoms with Crippen molar-refractivity contribution in [3.8, 4) is 0 Å². The van der Waals surface area contributed by atoms with E-state index in [-0.39, 0.29) is 17.7 Å². The number of carbonyl (C=O) groups is 2. The molecule has 2 aromatic rings. The number of amides is 1. The standard InChI is InChI=1S/C25H30N4O4S/c1-14(2)12-20(24(31)29-18-10-11-32-25(18)33-15(3)30)28-23(26)16-8-9-22-19(13-16)27-17-6-4-5-7-21(17)34-22/h4-9,13-14,18,20,25,27H,10-12H2,1-3H3,(H2,26,28)(H,29,31)/t18-,20-,25?/m0/s1. The van der Waals surface area contributed by atoms with Crippen LogP contribution >= 0.6 is 11.8 Å². The highest BCUT2D eigenvalue weighted by Crippen LogP contribution is 2.44. The maximum atomic E-state index is 13.1. The predicted octanol–water partition coefficient (Wildman–Crippen LogP) is 4.02. The molecular formula is C25H30N4O4S. The SMILES string of the molecule is CC(=O)OC1OCC[C@@H]1NC(=O)[C@H](CC(C)C)NC(=N)c1ccc2c(c1)Nc1ccccc1S2. The molecule has 0 radical (unpaired) electrons. The number of nitrogens with one attached hydrogen (secondary N) is 4. The molecule has 1 saturated heterocycles. The van der Waals surface area contributed by atoms with E-state index in [1.165, 1.54) is 6.92 Å². The van der Waals surface area contributed by atoms with Crippen molar-refractivity contribution in [2.45, 2.75) is 61.8 Å². The topological polar surface area (TPSA) is 113 Å². The van der Waals surface area contributed by atoms with E-state index in [1.807, 2.05) is 50.2 Å². The number of para-hydroxylation sites is 1. The third-order valence-corrected chi connectivity index (χ3v) is 6.79. The van der Waals surface area contributed by atoms with Gasteiger partial charge in [0, 0.05) is 22.3 Å². The van der Waals surface area contributed by atoms with E-state index >= 15 is 0 Å². The highest BCUT2D eigenvalue weighted by atomic mass is 32.2. The molecule has 2 aliphatic rings. The van der Waals surface area contributed by atoms with Gasteiger partial charge in [0.05, 0.1) is 24.0 Å². The van der Waals surface area contributed by atoms with Crippen molar-refractivity contribution in [3.63, 3.8) is 0 Å². The Kier molecular flexibility index (Phi) is 7.43. The minimum Gasteiger partial charge on any atom is -0.434 e. The van der Waals surface area contributed by atoms with Crippen LogP contribution in [0.15, 0.2) is 52.3 Å². The maximum absolute atomic E-state index is 13.1. The summed E-state index contributed by atoms with van der Waals surface area (Å²) in [5.41, 5.74) is 2.66. The van der Waals surface area contributed by atoms with Gasteiger partial charge in [-0.1, -0.05) is 43.8 Å². The molecule has 9 heteroatoms. The first-order chi connectivity index (χ1) is 16.3. The van der Waals surface area contributed by atoms with Crippen molar-refractivity contribution in [1.29, 1.82) is 5.41 Å². The summed E-state index contributed by atoms with van der Waals surface area (Å²) in [7, 11) is 0. The number of carbonyl (C=O) groups excluding carboxylic acids is 2. The highest BCUT2D eigenvalue weighted by molar-refractivity contribution is 7.99. The molecule has 0 bridgehead atoms. The number of fused-ring (bicyclic) bond motifs is 2. The number of hydrogen-bond acceptors (Lipinski definition) is 7.